The molecule has 0 saturated carbocycles. The maximum atomic E-state index is 13.3. The largest absolute Gasteiger partial charge is 0.370 e. The van der Waals surface area contributed by atoms with E-state index >= 15 is 0 Å². The molecule has 204 valence electrons. The van der Waals surface area contributed by atoms with E-state index in [1.807, 2.05) is 18.7 Å². The van der Waals surface area contributed by atoms with Crippen LogP contribution in [-0.4, -0.2) is 70.6 Å². The summed E-state index contributed by atoms with van der Waals surface area (Å²) in [4.78, 5) is 15.5. The Morgan fingerprint density at radius 2 is 1.49 bits per heavy atom. The Kier molecular flexibility index (Phi) is 9.74. The summed E-state index contributed by atoms with van der Waals surface area (Å²) in [5.41, 5.74) is 1.22. The van der Waals surface area contributed by atoms with Gasteiger partial charge in [0.25, 0.3) is 5.91 Å². The molecule has 1 N–H and O–H groups in total. The average molecular weight is 551 g/mol. The van der Waals surface area contributed by atoms with Crippen molar-refractivity contribution >= 4 is 37.3 Å². The third kappa shape index (κ3) is 6.34. The molecule has 1 heterocycles. The summed E-state index contributed by atoms with van der Waals surface area (Å²) >= 11 is 0. The number of nitrogens with one attached hydrogen (secondary N) is 1. The van der Waals surface area contributed by atoms with Crippen molar-refractivity contribution in [3.63, 3.8) is 0 Å². The Hall–Kier alpha value is -2.47. The molecule has 1 fully saturated rings. The average Bonchev–Trinajstić information content (AvgIpc) is 2.91. The molecule has 1 amide bonds. The molecule has 0 aliphatic carbocycles. The van der Waals surface area contributed by atoms with Gasteiger partial charge in [0.15, 0.2) is 0 Å². The van der Waals surface area contributed by atoms with Gasteiger partial charge in [-0.3, -0.25) is 4.79 Å². The third-order valence-electron chi connectivity index (χ3n) is 6.71. The molecule has 0 radical (unpaired) electrons. The second-order valence-electron chi connectivity index (χ2n) is 8.89. The lowest BCUT2D eigenvalue weighted by Crippen LogP contribution is -2.35. The van der Waals surface area contributed by atoms with E-state index in [0.29, 0.717) is 50.6 Å². The van der Waals surface area contributed by atoms with Gasteiger partial charge in [-0.25, -0.2) is 16.8 Å². The van der Waals surface area contributed by atoms with Crippen LogP contribution in [0.5, 0.6) is 0 Å². The van der Waals surface area contributed by atoms with E-state index in [2.05, 4.69) is 5.32 Å². The van der Waals surface area contributed by atoms with Gasteiger partial charge in [-0.05, 0) is 63.1 Å². The van der Waals surface area contributed by atoms with Crippen molar-refractivity contribution in [2.24, 2.45) is 0 Å². The van der Waals surface area contributed by atoms with Gasteiger partial charge in [-0.15, -0.1) is 0 Å². The smallest absolute Gasteiger partial charge is 0.255 e. The molecule has 3 rings (SSSR count). The van der Waals surface area contributed by atoms with Crippen molar-refractivity contribution < 1.29 is 21.6 Å². The number of carbonyl (C=O) groups excluding carboxylic acids is 1. The van der Waals surface area contributed by atoms with Crippen molar-refractivity contribution in [2.75, 3.05) is 49.5 Å². The molecule has 9 nitrogen and oxygen atoms in total. The zero-order valence-corrected chi connectivity index (χ0v) is 23.7. The molecule has 1 aliphatic heterocycles. The van der Waals surface area contributed by atoms with Gasteiger partial charge >= 0.3 is 0 Å². The molecule has 2 aromatic rings. The molecule has 0 spiro atoms. The minimum atomic E-state index is -3.74. The predicted octanol–water partition coefficient (Wildman–Crippen LogP) is 3.99. The van der Waals surface area contributed by atoms with E-state index in [4.69, 9.17) is 0 Å². The zero-order valence-electron chi connectivity index (χ0n) is 22.1. The molecule has 1 aliphatic rings. The maximum absolute atomic E-state index is 13.3. The molecule has 0 unspecified atom stereocenters. The van der Waals surface area contributed by atoms with Crippen LogP contribution in [0.4, 0.5) is 11.4 Å². The summed E-state index contributed by atoms with van der Waals surface area (Å²) in [6.07, 6.45) is 2.65. The second-order valence-corrected chi connectivity index (χ2v) is 12.8. The van der Waals surface area contributed by atoms with Gasteiger partial charge < -0.3 is 10.2 Å². The van der Waals surface area contributed by atoms with Crippen LogP contribution in [0.15, 0.2) is 52.3 Å². The standard InChI is InChI=1S/C26H38N4O5S2/c1-5-28(6-2)25-16-15-23(36(32,33)29(7-3)8-4)20-24(25)27-26(31)21-13-12-14-22(19-21)37(34,35)30-17-10-9-11-18-30/h12-16,19-20H,5-11,17-18H2,1-4H3,(H,27,31). The topological polar surface area (TPSA) is 107 Å². The van der Waals surface area contributed by atoms with Gasteiger partial charge in [-0.1, -0.05) is 26.3 Å². The van der Waals surface area contributed by atoms with E-state index in [-0.39, 0.29) is 15.4 Å². The number of hydrogen-bond acceptors (Lipinski definition) is 6. The maximum Gasteiger partial charge on any atom is 0.255 e. The summed E-state index contributed by atoms with van der Waals surface area (Å²) in [6.45, 7) is 10.4. The monoisotopic (exact) mass is 550 g/mol. The van der Waals surface area contributed by atoms with Crippen LogP contribution < -0.4 is 10.2 Å². The van der Waals surface area contributed by atoms with Gasteiger partial charge in [0, 0.05) is 44.8 Å². The first-order chi connectivity index (χ1) is 17.6. The Labute approximate surface area is 221 Å². The summed E-state index contributed by atoms with van der Waals surface area (Å²) in [6, 6.07) is 10.7. The first kappa shape index (κ1) is 29.1. The molecule has 2 aromatic carbocycles. The van der Waals surface area contributed by atoms with Crippen LogP contribution in [0.2, 0.25) is 0 Å². The molecular formula is C26H38N4O5S2. The molecular weight excluding hydrogens is 512 g/mol. The van der Waals surface area contributed by atoms with E-state index in [1.165, 1.54) is 26.8 Å². The van der Waals surface area contributed by atoms with Crippen molar-refractivity contribution in [1.29, 1.82) is 0 Å². The number of carbonyl (C=O) groups is 1. The van der Waals surface area contributed by atoms with Gasteiger partial charge in [0.2, 0.25) is 20.0 Å². The van der Waals surface area contributed by atoms with Gasteiger partial charge in [0.1, 0.15) is 0 Å². The second kappa shape index (κ2) is 12.4. The fourth-order valence-corrected chi connectivity index (χ4v) is 7.62. The number of anilines is 2. The fourth-order valence-electron chi connectivity index (χ4n) is 4.57. The molecule has 0 bridgehead atoms. The lowest BCUT2D eigenvalue weighted by molar-refractivity contribution is 0.102. The van der Waals surface area contributed by atoms with Gasteiger partial charge in [0.05, 0.1) is 21.2 Å². The highest BCUT2D eigenvalue weighted by atomic mass is 32.2. The zero-order chi connectivity index (χ0) is 27.2. The van der Waals surface area contributed by atoms with Crippen LogP contribution in [-0.2, 0) is 20.0 Å². The summed E-state index contributed by atoms with van der Waals surface area (Å²) < 4.78 is 55.4. The number of nitrogens with zero attached hydrogens (tertiary/aromatic N) is 3. The van der Waals surface area contributed by atoms with Crippen molar-refractivity contribution in [1.82, 2.24) is 8.61 Å². The predicted molar refractivity (Wildman–Crippen MR) is 147 cm³/mol. The summed E-state index contributed by atoms with van der Waals surface area (Å²) in [5.74, 6) is -0.513. The first-order valence-corrected chi connectivity index (χ1v) is 15.8. The fraction of sp³-hybridized carbons (Fsp3) is 0.500. The minimum Gasteiger partial charge on any atom is -0.370 e. The Morgan fingerprint density at radius 3 is 2.08 bits per heavy atom. The Bertz CT molecular complexity index is 1300. The van der Waals surface area contributed by atoms with Crippen molar-refractivity contribution in [3.05, 3.63) is 48.0 Å². The lowest BCUT2D eigenvalue weighted by atomic mass is 10.2. The number of benzene rings is 2. The molecule has 0 aromatic heterocycles. The number of amides is 1. The molecule has 1 saturated heterocycles. The highest BCUT2D eigenvalue weighted by Gasteiger charge is 2.27. The molecule has 37 heavy (non-hydrogen) atoms. The number of sulfonamides is 2. The third-order valence-corrected chi connectivity index (χ3v) is 10.7. The number of hydrogen-bond donors (Lipinski definition) is 1. The number of rotatable bonds is 11. The lowest BCUT2D eigenvalue weighted by Gasteiger charge is -2.26. The number of piperidine rings is 1. The van der Waals surface area contributed by atoms with Crippen molar-refractivity contribution in [3.8, 4) is 0 Å². The van der Waals surface area contributed by atoms with Gasteiger partial charge in [-0.2, -0.15) is 8.61 Å². The van der Waals surface area contributed by atoms with Crippen LogP contribution in [0.25, 0.3) is 0 Å². The minimum absolute atomic E-state index is 0.0730. The highest BCUT2D eigenvalue weighted by molar-refractivity contribution is 7.89. The van der Waals surface area contributed by atoms with Crippen molar-refractivity contribution in [2.45, 2.75) is 56.7 Å². The SMILES string of the molecule is CCN(CC)c1ccc(S(=O)(=O)N(CC)CC)cc1NC(=O)c1cccc(S(=O)(=O)N2CCCCC2)c1. The summed E-state index contributed by atoms with van der Waals surface area (Å²) in [7, 11) is -7.44. The quantitative estimate of drug-likeness (QED) is 0.453. The molecule has 0 atom stereocenters. The van der Waals surface area contributed by atoms with Crippen LogP contribution in [0.1, 0.15) is 57.3 Å². The van der Waals surface area contributed by atoms with E-state index < -0.39 is 26.0 Å². The summed E-state index contributed by atoms with van der Waals surface area (Å²) in [5, 5.41) is 2.85. The van der Waals surface area contributed by atoms with Crippen LogP contribution >= 0.6 is 0 Å². The van der Waals surface area contributed by atoms with E-state index in [0.717, 1.165) is 19.3 Å². The van der Waals surface area contributed by atoms with E-state index in [9.17, 15) is 21.6 Å². The Balaban J connectivity index is 1.99. The van der Waals surface area contributed by atoms with E-state index in [1.54, 1.807) is 38.1 Å². The molecule has 11 heteroatoms. The van der Waals surface area contributed by atoms with Crippen LogP contribution in [0.3, 0.4) is 0 Å². The normalized spacial score (nSPS) is 15.1. The highest BCUT2D eigenvalue weighted by Crippen LogP contribution is 2.31. The van der Waals surface area contributed by atoms with Crippen LogP contribution in [0, 0.1) is 0 Å². The first-order valence-electron chi connectivity index (χ1n) is 12.9. The Morgan fingerprint density at radius 1 is 0.838 bits per heavy atom.